The van der Waals surface area contributed by atoms with Crippen molar-refractivity contribution in [1.29, 1.82) is 0 Å². The van der Waals surface area contributed by atoms with Gasteiger partial charge >= 0.3 is 0 Å². The summed E-state index contributed by atoms with van der Waals surface area (Å²) >= 11 is 0. The zero-order chi connectivity index (χ0) is 8.97. The molecule has 0 saturated heterocycles. The van der Waals surface area contributed by atoms with Crippen LogP contribution in [0.3, 0.4) is 0 Å². The van der Waals surface area contributed by atoms with Crippen molar-refractivity contribution in [2.75, 3.05) is 0 Å². The Hall–Kier alpha value is -0.890. The molecule has 2 N–H and O–H groups in total. The van der Waals surface area contributed by atoms with Crippen molar-refractivity contribution in [2.45, 2.75) is 32.7 Å². The van der Waals surface area contributed by atoms with E-state index in [0.717, 1.165) is 18.5 Å². The number of rotatable bonds is 3. The maximum Gasteiger partial charge on any atom is 0.0404 e. The Labute approximate surface area is 73.8 Å². The highest BCUT2D eigenvalue weighted by atomic mass is 14.7. The molecule has 66 valence electrons. The van der Waals surface area contributed by atoms with Crippen molar-refractivity contribution in [3.63, 3.8) is 0 Å². The molecule has 2 heteroatoms. The van der Waals surface area contributed by atoms with E-state index in [2.05, 4.69) is 11.1 Å². The fourth-order valence-electron chi connectivity index (χ4n) is 1.16. The van der Waals surface area contributed by atoms with Gasteiger partial charge in [-0.05, 0) is 38.3 Å². The van der Waals surface area contributed by atoms with Gasteiger partial charge in [0.1, 0.15) is 0 Å². The van der Waals surface area contributed by atoms with Crippen LogP contribution in [0.15, 0.2) is 18.3 Å². The first-order valence-electron chi connectivity index (χ1n) is 4.36. The van der Waals surface area contributed by atoms with E-state index in [1.807, 2.05) is 26.1 Å². The minimum absolute atomic E-state index is 0.282. The summed E-state index contributed by atoms with van der Waals surface area (Å²) in [7, 11) is 0. The van der Waals surface area contributed by atoms with E-state index in [9.17, 15) is 0 Å². The van der Waals surface area contributed by atoms with Crippen LogP contribution in [0.1, 0.15) is 24.6 Å². The van der Waals surface area contributed by atoms with Crippen molar-refractivity contribution in [3.05, 3.63) is 29.6 Å². The van der Waals surface area contributed by atoms with Gasteiger partial charge in [0.15, 0.2) is 0 Å². The molecule has 0 spiro atoms. The Morgan fingerprint density at radius 1 is 1.58 bits per heavy atom. The Morgan fingerprint density at radius 2 is 2.33 bits per heavy atom. The summed E-state index contributed by atoms with van der Waals surface area (Å²) in [5, 5.41) is 0. The Bertz CT molecular complexity index is 243. The van der Waals surface area contributed by atoms with E-state index in [0.29, 0.717) is 0 Å². The highest BCUT2D eigenvalue weighted by Crippen LogP contribution is 2.07. The SMILES string of the molecule is Cc1ncccc1CC[C@H](C)N. The summed E-state index contributed by atoms with van der Waals surface area (Å²) in [4.78, 5) is 4.22. The van der Waals surface area contributed by atoms with Gasteiger partial charge in [-0.3, -0.25) is 4.98 Å². The second kappa shape index (κ2) is 4.21. The van der Waals surface area contributed by atoms with Crippen molar-refractivity contribution < 1.29 is 0 Å². The molecule has 1 aromatic rings. The van der Waals surface area contributed by atoms with Gasteiger partial charge in [0.25, 0.3) is 0 Å². The van der Waals surface area contributed by atoms with Crippen LogP contribution in [0, 0.1) is 6.92 Å². The van der Waals surface area contributed by atoms with Crippen LogP contribution in [-0.2, 0) is 6.42 Å². The Kier molecular flexibility index (Phi) is 3.23. The van der Waals surface area contributed by atoms with Gasteiger partial charge in [-0.25, -0.2) is 0 Å². The molecular weight excluding hydrogens is 148 g/mol. The van der Waals surface area contributed by atoms with Crippen LogP contribution in [0.2, 0.25) is 0 Å². The lowest BCUT2D eigenvalue weighted by Crippen LogP contribution is -2.15. The molecule has 1 heterocycles. The van der Waals surface area contributed by atoms with Gasteiger partial charge < -0.3 is 5.73 Å². The first-order valence-corrected chi connectivity index (χ1v) is 4.36. The highest BCUT2D eigenvalue weighted by molar-refractivity contribution is 5.18. The smallest absolute Gasteiger partial charge is 0.0404 e. The fraction of sp³-hybridized carbons (Fsp3) is 0.500. The molecule has 0 unspecified atom stereocenters. The van der Waals surface area contributed by atoms with Crippen LogP contribution in [-0.4, -0.2) is 11.0 Å². The molecule has 0 aliphatic carbocycles. The topological polar surface area (TPSA) is 38.9 Å². The normalized spacial score (nSPS) is 12.9. The molecule has 0 saturated carbocycles. The first kappa shape index (κ1) is 9.20. The first-order chi connectivity index (χ1) is 5.70. The van der Waals surface area contributed by atoms with Crippen LogP contribution in [0.5, 0.6) is 0 Å². The number of aromatic nitrogens is 1. The maximum atomic E-state index is 5.67. The molecule has 0 bridgehead atoms. The van der Waals surface area contributed by atoms with Gasteiger partial charge in [-0.1, -0.05) is 6.07 Å². The average molecular weight is 164 g/mol. The Balaban J connectivity index is 2.57. The van der Waals surface area contributed by atoms with E-state index in [1.54, 1.807) is 0 Å². The molecule has 0 aliphatic heterocycles. The molecule has 0 radical (unpaired) electrons. The lowest BCUT2D eigenvalue weighted by molar-refractivity contribution is 0.663. The summed E-state index contributed by atoms with van der Waals surface area (Å²) in [5.41, 5.74) is 8.11. The van der Waals surface area contributed by atoms with E-state index in [1.165, 1.54) is 5.56 Å². The van der Waals surface area contributed by atoms with Crippen molar-refractivity contribution in [2.24, 2.45) is 5.73 Å². The molecule has 0 fully saturated rings. The molecule has 0 aliphatic rings. The van der Waals surface area contributed by atoms with Crippen LogP contribution in [0.25, 0.3) is 0 Å². The minimum Gasteiger partial charge on any atom is -0.328 e. The van der Waals surface area contributed by atoms with Gasteiger partial charge in [0.05, 0.1) is 0 Å². The number of nitrogens with two attached hydrogens (primary N) is 1. The quantitative estimate of drug-likeness (QED) is 0.738. The molecule has 1 atom stereocenters. The molecule has 1 aromatic heterocycles. The van der Waals surface area contributed by atoms with Crippen LogP contribution in [0.4, 0.5) is 0 Å². The average Bonchev–Trinajstić information content (AvgIpc) is 2.03. The van der Waals surface area contributed by atoms with Crippen LogP contribution < -0.4 is 5.73 Å². The molecular formula is C10H16N2. The summed E-state index contributed by atoms with van der Waals surface area (Å²) in [6.45, 7) is 4.07. The second-order valence-electron chi connectivity index (χ2n) is 3.26. The van der Waals surface area contributed by atoms with Gasteiger partial charge in [0.2, 0.25) is 0 Å². The lowest BCUT2D eigenvalue weighted by Gasteiger charge is -2.06. The third-order valence-electron chi connectivity index (χ3n) is 1.99. The minimum atomic E-state index is 0.282. The van der Waals surface area contributed by atoms with E-state index >= 15 is 0 Å². The maximum absolute atomic E-state index is 5.67. The van der Waals surface area contributed by atoms with E-state index in [4.69, 9.17) is 5.73 Å². The predicted molar refractivity (Wildman–Crippen MR) is 50.9 cm³/mol. The highest BCUT2D eigenvalue weighted by Gasteiger charge is 1.99. The number of nitrogens with zero attached hydrogens (tertiary/aromatic N) is 1. The van der Waals surface area contributed by atoms with Crippen molar-refractivity contribution in [1.82, 2.24) is 4.98 Å². The zero-order valence-electron chi connectivity index (χ0n) is 7.75. The largest absolute Gasteiger partial charge is 0.328 e. The lowest BCUT2D eigenvalue weighted by atomic mass is 10.1. The summed E-state index contributed by atoms with van der Waals surface area (Å²) < 4.78 is 0. The number of pyridine rings is 1. The van der Waals surface area contributed by atoms with Gasteiger partial charge in [-0.2, -0.15) is 0 Å². The van der Waals surface area contributed by atoms with Gasteiger partial charge in [0, 0.05) is 17.9 Å². The monoisotopic (exact) mass is 164 g/mol. The summed E-state index contributed by atoms with van der Waals surface area (Å²) in [6.07, 6.45) is 3.90. The van der Waals surface area contributed by atoms with Crippen LogP contribution >= 0.6 is 0 Å². The molecule has 0 aromatic carbocycles. The molecule has 0 amide bonds. The number of hydrogen-bond donors (Lipinski definition) is 1. The summed E-state index contributed by atoms with van der Waals surface area (Å²) in [5.74, 6) is 0. The van der Waals surface area contributed by atoms with E-state index < -0.39 is 0 Å². The Morgan fingerprint density at radius 3 is 2.92 bits per heavy atom. The summed E-state index contributed by atoms with van der Waals surface area (Å²) in [6, 6.07) is 4.37. The standard InChI is InChI=1S/C10H16N2/c1-8(11)5-6-10-4-3-7-12-9(10)2/h3-4,7-8H,5-6,11H2,1-2H3/t8-/m0/s1. The third-order valence-corrected chi connectivity index (χ3v) is 1.99. The molecule has 2 nitrogen and oxygen atoms in total. The fourth-order valence-corrected chi connectivity index (χ4v) is 1.16. The van der Waals surface area contributed by atoms with E-state index in [-0.39, 0.29) is 6.04 Å². The third kappa shape index (κ3) is 2.62. The number of hydrogen-bond acceptors (Lipinski definition) is 2. The second-order valence-corrected chi connectivity index (χ2v) is 3.26. The molecule has 12 heavy (non-hydrogen) atoms. The predicted octanol–water partition coefficient (Wildman–Crippen LogP) is 1.67. The molecule has 1 rings (SSSR count). The van der Waals surface area contributed by atoms with Crippen molar-refractivity contribution in [3.8, 4) is 0 Å². The zero-order valence-corrected chi connectivity index (χ0v) is 7.75. The van der Waals surface area contributed by atoms with Crippen molar-refractivity contribution >= 4 is 0 Å². The van der Waals surface area contributed by atoms with Gasteiger partial charge in [-0.15, -0.1) is 0 Å². The number of aryl methyl sites for hydroxylation is 2.